The van der Waals surface area contributed by atoms with Crippen molar-refractivity contribution >= 4 is 11.7 Å². The van der Waals surface area contributed by atoms with Crippen molar-refractivity contribution in [3.63, 3.8) is 0 Å². The van der Waals surface area contributed by atoms with E-state index in [1.807, 2.05) is 0 Å². The van der Waals surface area contributed by atoms with Crippen LogP contribution in [0.1, 0.15) is 11.1 Å². The van der Waals surface area contributed by atoms with Crippen molar-refractivity contribution in [2.45, 2.75) is 13.0 Å². The summed E-state index contributed by atoms with van der Waals surface area (Å²) in [4.78, 5) is 10.5. The van der Waals surface area contributed by atoms with Crippen molar-refractivity contribution < 1.29 is 23.4 Å². The van der Waals surface area contributed by atoms with Crippen LogP contribution in [0.5, 0.6) is 5.75 Å². The highest BCUT2D eigenvalue weighted by atomic mass is 19.3. The summed E-state index contributed by atoms with van der Waals surface area (Å²) in [6.07, 6.45) is -0.353. The Hall–Kier alpha value is -2.36. The molecule has 0 spiro atoms. The first-order valence-corrected chi connectivity index (χ1v) is 4.43. The molecular weight excluding hydrogens is 234 g/mol. The zero-order valence-corrected chi connectivity index (χ0v) is 8.48. The van der Waals surface area contributed by atoms with Gasteiger partial charge in [-0.05, 0) is 17.7 Å². The van der Waals surface area contributed by atoms with Crippen molar-refractivity contribution in [3.8, 4) is 11.8 Å². The molecule has 0 aliphatic rings. The summed E-state index contributed by atoms with van der Waals surface area (Å²) in [5.74, 6) is -1.55. The van der Waals surface area contributed by atoms with Gasteiger partial charge in [0.15, 0.2) is 5.75 Å². The minimum absolute atomic E-state index is 0.194. The number of ether oxygens (including phenoxy) is 1. The fourth-order valence-electron chi connectivity index (χ4n) is 1.29. The first kappa shape index (κ1) is 12.7. The van der Waals surface area contributed by atoms with Crippen molar-refractivity contribution in [1.82, 2.24) is 0 Å². The number of alkyl halides is 2. The Morgan fingerprint density at radius 1 is 1.59 bits per heavy atom. The molecule has 0 saturated heterocycles. The van der Waals surface area contributed by atoms with Crippen LogP contribution in [0, 0.1) is 11.3 Å². The molecule has 7 heteroatoms. The monoisotopic (exact) mass is 242 g/mol. The van der Waals surface area contributed by atoms with E-state index in [1.54, 1.807) is 6.07 Å². The zero-order chi connectivity index (χ0) is 13.0. The lowest BCUT2D eigenvalue weighted by molar-refractivity contribution is -0.136. The number of nitrogens with zero attached hydrogens (tertiary/aromatic N) is 1. The Bertz CT molecular complexity index is 483. The van der Waals surface area contributed by atoms with E-state index in [2.05, 4.69) is 4.74 Å². The average Bonchev–Trinajstić information content (AvgIpc) is 2.20. The van der Waals surface area contributed by atoms with Crippen LogP contribution < -0.4 is 10.5 Å². The number of nitrogen functional groups attached to an aromatic ring is 1. The van der Waals surface area contributed by atoms with Gasteiger partial charge in [0.1, 0.15) is 6.07 Å². The topological polar surface area (TPSA) is 96.3 Å². The first-order chi connectivity index (χ1) is 7.93. The molecule has 0 unspecified atom stereocenters. The number of hydrogen-bond acceptors (Lipinski definition) is 4. The van der Waals surface area contributed by atoms with Crippen LogP contribution in [-0.4, -0.2) is 17.7 Å². The largest absolute Gasteiger partial charge is 0.481 e. The van der Waals surface area contributed by atoms with Gasteiger partial charge in [-0.2, -0.15) is 14.0 Å². The smallest absolute Gasteiger partial charge is 0.387 e. The third kappa shape index (κ3) is 3.31. The highest BCUT2D eigenvalue weighted by Gasteiger charge is 2.15. The first-order valence-electron chi connectivity index (χ1n) is 4.43. The van der Waals surface area contributed by atoms with Gasteiger partial charge in [-0.1, -0.05) is 0 Å². The van der Waals surface area contributed by atoms with Gasteiger partial charge in [-0.15, -0.1) is 0 Å². The molecule has 3 N–H and O–H groups in total. The summed E-state index contributed by atoms with van der Waals surface area (Å²) >= 11 is 0. The van der Waals surface area contributed by atoms with E-state index in [-0.39, 0.29) is 23.2 Å². The van der Waals surface area contributed by atoms with Gasteiger partial charge in [0.2, 0.25) is 0 Å². The number of anilines is 1. The van der Waals surface area contributed by atoms with E-state index < -0.39 is 18.3 Å². The third-order valence-electron chi connectivity index (χ3n) is 1.86. The Labute approximate surface area is 95.0 Å². The molecule has 90 valence electrons. The van der Waals surface area contributed by atoms with Crippen LogP contribution in [-0.2, 0) is 11.2 Å². The number of nitrogens with two attached hydrogens (primary N) is 1. The predicted octanol–water partition coefficient (Wildman–Crippen LogP) is 1.37. The molecule has 0 atom stereocenters. The van der Waals surface area contributed by atoms with Gasteiger partial charge in [0.25, 0.3) is 0 Å². The number of carboxylic acids is 1. The molecular formula is C10H8F2N2O3. The minimum atomic E-state index is -3.10. The fraction of sp³-hybridized carbons (Fsp3) is 0.200. The lowest BCUT2D eigenvalue weighted by Gasteiger charge is -2.10. The van der Waals surface area contributed by atoms with E-state index in [4.69, 9.17) is 16.1 Å². The molecule has 0 radical (unpaired) electrons. The molecule has 0 saturated carbocycles. The number of nitriles is 1. The lowest BCUT2D eigenvalue weighted by Crippen LogP contribution is -2.08. The second-order valence-electron chi connectivity index (χ2n) is 3.12. The lowest BCUT2D eigenvalue weighted by atomic mass is 10.1. The van der Waals surface area contributed by atoms with Gasteiger partial charge in [0.05, 0.1) is 17.7 Å². The summed E-state index contributed by atoms with van der Waals surface area (Å²) in [5.41, 5.74) is 5.25. The van der Waals surface area contributed by atoms with Crippen LogP contribution >= 0.6 is 0 Å². The van der Waals surface area contributed by atoms with Crippen molar-refractivity contribution in [2.75, 3.05) is 5.73 Å². The summed E-state index contributed by atoms with van der Waals surface area (Å²) in [5, 5.41) is 17.3. The normalized spacial score (nSPS) is 10.0. The second-order valence-corrected chi connectivity index (χ2v) is 3.12. The number of hydrogen-bond donors (Lipinski definition) is 2. The Balaban J connectivity index is 3.17. The maximum absolute atomic E-state index is 12.0. The average molecular weight is 242 g/mol. The quantitative estimate of drug-likeness (QED) is 0.777. The van der Waals surface area contributed by atoms with Crippen LogP contribution in [0.3, 0.4) is 0 Å². The van der Waals surface area contributed by atoms with Gasteiger partial charge >= 0.3 is 12.6 Å². The third-order valence-corrected chi connectivity index (χ3v) is 1.86. The zero-order valence-electron chi connectivity index (χ0n) is 8.48. The maximum atomic E-state index is 12.0. The van der Waals surface area contributed by atoms with Crippen molar-refractivity contribution in [1.29, 1.82) is 5.26 Å². The molecule has 1 rings (SSSR count). The number of carboxylic acid groups (broad SMARTS) is 1. The van der Waals surface area contributed by atoms with Crippen molar-refractivity contribution in [2.24, 2.45) is 0 Å². The van der Waals surface area contributed by atoms with Crippen LogP contribution in [0.15, 0.2) is 12.1 Å². The molecule has 1 aromatic carbocycles. The van der Waals surface area contributed by atoms with E-state index in [0.717, 1.165) is 6.07 Å². The predicted molar refractivity (Wildman–Crippen MR) is 53.5 cm³/mol. The molecule has 0 heterocycles. The SMILES string of the molecule is N#Cc1cc(CC(=O)O)cc(N)c1OC(F)F. The molecule has 0 fully saturated rings. The van der Waals surface area contributed by atoms with E-state index in [0.29, 0.717) is 0 Å². The molecule has 5 nitrogen and oxygen atoms in total. The molecule has 0 aromatic heterocycles. The van der Waals surface area contributed by atoms with E-state index >= 15 is 0 Å². The highest BCUT2D eigenvalue weighted by molar-refractivity contribution is 5.72. The van der Waals surface area contributed by atoms with Crippen LogP contribution in [0.2, 0.25) is 0 Å². The van der Waals surface area contributed by atoms with E-state index in [9.17, 15) is 13.6 Å². The Morgan fingerprint density at radius 3 is 2.71 bits per heavy atom. The molecule has 17 heavy (non-hydrogen) atoms. The van der Waals surface area contributed by atoms with Crippen molar-refractivity contribution in [3.05, 3.63) is 23.3 Å². The van der Waals surface area contributed by atoms with E-state index in [1.165, 1.54) is 6.07 Å². The minimum Gasteiger partial charge on any atom is -0.481 e. The standard InChI is InChI=1S/C10H8F2N2O3/c11-10(12)17-9-6(4-13)1-5(2-7(9)14)3-8(15)16/h1-2,10H,3,14H2,(H,15,16). The molecule has 0 bridgehead atoms. The van der Waals surface area contributed by atoms with Gasteiger partial charge in [-0.25, -0.2) is 0 Å². The maximum Gasteiger partial charge on any atom is 0.387 e. The number of aliphatic carboxylic acids is 1. The second kappa shape index (κ2) is 5.12. The molecule has 0 amide bonds. The fourth-order valence-corrected chi connectivity index (χ4v) is 1.29. The van der Waals surface area contributed by atoms with Gasteiger partial charge in [-0.3, -0.25) is 4.79 Å². The molecule has 0 aliphatic heterocycles. The van der Waals surface area contributed by atoms with Crippen LogP contribution in [0.25, 0.3) is 0 Å². The molecule has 1 aromatic rings. The van der Waals surface area contributed by atoms with Gasteiger partial charge < -0.3 is 15.6 Å². The number of carbonyl (C=O) groups is 1. The van der Waals surface area contributed by atoms with Crippen LogP contribution in [0.4, 0.5) is 14.5 Å². The Kier molecular flexibility index (Phi) is 3.82. The molecule has 0 aliphatic carbocycles. The number of benzene rings is 1. The summed E-state index contributed by atoms with van der Waals surface area (Å²) in [7, 11) is 0. The summed E-state index contributed by atoms with van der Waals surface area (Å²) in [6.45, 7) is -3.10. The van der Waals surface area contributed by atoms with Gasteiger partial charge in [0, 0.05) is 0 Å². The highest BCUT2D eigenvalue weighted by Crippen LogP contribution is 2.29. The number of rotatable bonds is 4. The Morgan fingerprint density at radius 2 is 2.24 bits per heavy atom. The summed E-state index contributed by atoms with van der Waals surface area (Å²) < 4.78 is 28.2. The number of halogens is 2. The summed E-state index contributed by atoms with van der Waals surface area (Å²) in [6, 6.07) is 3.97.